The molecule has 6 nitrogen and oxygen atoms in total. The SMILES string of the molecule is Cc1ccc(C(=O)C2=C[C@@]34C=C[C@@]25[C@@H]2CC[C@@](O)(CN(C[C@@H]6CC[C@H]7C[C@@H]6C7(C)C)C(=O)Nc6ccccc6)[C@@]2(C)CC[C@@H]5[C@@]3(C)CCC(O)C4)s1. The molecule has 3 N–H and O–H groups in total. The Hall–Kier alpha value is -2.74. The van der Waals surface area contributed by atoms with Crippen LogP contribution in [0.3, 0.4) is 0 Å². The molecule has 1 aromatic heterocycles. The zero-order chi connectivity index (χ0) is 36.5. The molecule has 1 unspecified atom stereocenters. The number of fused-ring (bicyclic) bond motifs is 3. The normalized spacial score (nSPS) is 43.4. The van der Waals surface area contributed by atoms with E-state index in [0.717, 1.165) is 65.5 Å². The van der Waals surface area contributed by atoms with Gasteiger partial charge in [-0.05, 0) is 136 Å². The van der Waals surface area contributed by atoms with Gasteiger partial charge in [0.05, 0.1) is 23.1 Å². The highest BCUT2D eigenvalue weighted by Crippen LogP contribution is 2.78. The number of allylic oxidation sites excluding steroid dienone is 4. The summed E-state index contributed by atoms with van der Waals surface area (Å²) in [7, 11) is 0. The van der Waals surface area contributed by atoms with Gasteiger partial charge in [0, 0.05) is 38.9 Å². The standard InChI is InChI=1S/C45H58N2O4S/c1-28-11-14-35(52-28)38(49)34-25-43-21-22-45(34)36(41(43,4)18-15-32(48)24-43)16-19-42(5)37(45)17-20-44(42,51)27-47(39(50)46-31-9-7-6-8-10-31)26-29-12-13-30-23-33(29)40(30,2)3/h6-11,14,21-22,25,29-30,32-33,36-37,48,51H,12-13,15-20,23-24,26-27H2,1-5H3,(H,46,50)/t29-,30-,32?,33-,36+,37+,41+,42-,43-,44+,45+/m0/s1. The number of anilines is 1. The molecule has 2 spiro atoms. The summed E-state index contributed by atoms with van der Waals surface area (Å²) in [5.74, 6) is 2.22. The maximum atomic E-state index is 14.8. The molecule has 52 heavy (non-hydrogen) atoms. The number of thiophene rings is 1. The van der Waals surface area contributed by atoms with Crippen molar-refractivity contribution in [3.63, 3.8) is 0 Å². The van der Waals surface area contributed by atoms with E-state index in [9.17, 15) is 19.8 Å². The van der Waals surface area contributed by atoms with Crippen LogP contribution in [-0.4, -0.2) is 51.7 Å². The first-order chi connectivity index (χ1) is 24.7. The minimum absolute atomic E-state index is 0.0540. The summed E-state index contributed by atoms with van der Waals surface area (Å²) in [6.07, 6.45) is 15.9. The number of nitrogens with one attached hydrogen (secondary N) is 1. The fraction of sp³-hybridized carbons (Fsp3) is 0.644. The molecule has 11 rings (SSSR count). The number of aliphatic hydroxyl groups excluding tert-OH is 1. The third-order valence-corrected chi connectivity index (χ3v) is 18.1. The summed E-state index contributed by atoms with van der Waals surface area (Å²) in [6.45, 7) is 12.6. The Morgan fingerprint density at radius 1 is 0.904 bits per heavy atom. The Bertz CT molecular complexity index is 1850. The van der Waals surface area contributed by atoms with E-state index < -0.39 is 16.4 Å². The Labute approximate surface area is 314 Å². The van der Waals surface area contributed by atoms with Crippen molar-refractivity contribution in [3.05, 3.63) is 76.0 Å². The first-order valence-corrected chi connectivity index (χ1v) is 21.0. The first kappa shape index (κ1) is 35.0. The van der Waals surface area contributed by atoms with Crippen LogP contribution >= 0.6 is 11.3 Å². The van der Waals surface area contributed by atoms with Crippen LogP contribution in [0.15, 0.2) is 66.3 Å². The van der Waals surface area contributed by atoms with E-state index in [4.69, 9.17) is 0 Å². The molecule has 1 aromatic carbocycles. The van der Waals surface area contributed by atoms with Gasteiger partial charge >= 0.3 is 6.03 Å². The van der Waals surface area contributed by atoms with Crippen molar-refractivity contribution in [1.82, 2.24) is 4.90 Å². The number of benzene rings is 1. The number of urea groups is 1. The third kappa shape index (κ3) is 4.66. The van der Waals surface area contributed by atoms with Crippen molar-refractivity contribution in [3.8, 4) is 0 Å². The van der Waals surface area contributed by atoms with E-state index >= 15 is 0 Å². The van der Waals surface area contributed by atoms with Crippen LogP contribution in [0.1, 0.15) is 106 Å². The molecule has 7 heteroatoms. The van der Waals surface area contributed by atoms with Gasteiger partial charge in [-0.25, -0.2) is 4.79 Å². The van der Waals surface area contributed by atoms with Gasteiger partial charge in [0.2, 0.25) is 0 Å². The molecule has 0 saturated heterocycles. The van der Waals surface area contributed by atoms with E-state index in [1.54, 1.807) is 11.3 Å². The number of Topliss-reactive ketones (excluding diaryl/α,β-unsaturated/α-hetero) is 1. The average molecular weight is 723 g/mol. The van der Waals surface area contributed by atoms with Crippen LogP contribution in [0.25, 0.3) is 0 Å². The molecule has 0 radical (unpaired) electrons. The topological polar surface area (TPSA) is 89.9 Å². The monoisotopic (exact) mass is 722 g/mol. The van der Waals surface area contributed by atoms with E-state index in [2.05, 4.69) is 58.2 Å². The highest BCUT2D eigenvalue weighted by Gasteiger charge is 2.74. The molecule has 6 fully saturated rings. The summed E-state index contributed by atoms with van der Waals surface area (Å²) in [6, 6.07) is 13.6. The van der Waals surface area contributed by atoms with Gasteiger partial charge in [-0.15, -0.1) is 11.3 Å². The molecule has 4 bridgehead atoms. The van der Waals surface area contributed by atoms with Crippen molar-refractivity contribution in [1.29, 1.82) is 0 Å². The first-order valence-electron chi connectivity index (χ1n) is 20.2. The minimum atomic E-state index is -1.10. The van der Waals surface area contributed by atoms with E-state index in [-0.39, 0.29) is 40.6 Å². The Morgan fingerprint density at radius 3 is 2.35 bits per heavy atom. The zero-order valence-corrected chi connectivity index (χ0v) is 32.6. The number of hydrogen-bond acceptors (Lipinski definition) is 5. The lowest BCUT2D eigenvalue weighted by atomic mass is 9.32. The molecule has 9 aliphatic carbocycles. The summed E-state index contributed by atoms with van der Waals surface area (Å²) >= 11 is 1.57. The molecule has 11 atom stereocenters. The van der Waals surface area contributed by atoms with Gasteiger partial charge in [0.25, 0.3) is 0 Å². The molecular formula is C45H58N2O4S. The third-order valence-electron chi connectivity index (χ3n) is 17.1. The minimum Gasteiger partial charge on any atom is -0.393 e. The van der Waals surface area contributed by atoms with Crippen LogP contribution in [-0.2, 0) is 0 Å². The molecule has 278 valence electrons. The maximum Gasteiger partial charge on any atom is 0.321 e. The zero-order valence-electron chi connectivity index (χ0n) is 31.8. The lowest BCUT2D eigenvalue weighted by molar-refractivity contribution is -0.176. The number of carbonyl (C=O) groups excluding carboxylic acids is 2. The van der Waals surface area contributed by atoms with Crippen molar-refractivity contribution >= 4 is 28.8 Å². The van der Waals surface area contributed by atoms with Gasteiger partial charge in [-0.3, -0.25) is 4.79 Å². The quantitative estimate of drug-likeness (QED) is 0.196. The van der Waals surface area contributed by atoms with Gasteiger partial charge in [-0.2, -0.15) is 0 Å². The van der Waals surface area contributed by atoms with Crippen LogP contribution in [0.5, 0.6) is 0 Å². The van der Waals surface area contributed by atoms with Gasteiger partial charge in [0.15, 0.2) is 5.78 Å². The number of ketones is 1. The van der Waals surface area contributed by atoms with Crippen molar-refractivity contribution in [2.45, 2.75) is 111 Å². The number of amides is 2. The predicted molar refractivity (Wildman–Crippen MR) is 207 cm³/mol. The van der Waals surface area contributed by atoms with Gasteiger partial charge in [0.1, 0.15) is 0 Å². The summed E-state index contributed by atoms with van der Waals surface area (Å²) in [4.78, 5) is 33.1. The number of aryl methyl sites for hydroxylation is 1. The Kier molecular flexibility index (Phi) is 7.83. The molecule has 2 amide bonds. The number of hydrogen-bond donors (Lipinski definition) is 3. The largest absolute Gasteiger partial charge is 0.393 e. The number of aliphatic hydroxyl groups is 2. The van der Waals surface area contributed by atoms with E-state index in [0.29, 0.717) is 43.2 Å². The van der Waals surface area contributed by atoms with Crippen LogP contribution < -0.4 is 5.32 Å². The number of rotatable bonds is 7. The van der Waals surface area contributed by atoms with Crippen molar-refractivity contribution in [2.24, 2.45) is 56.7 Å². The summed E-state index contributed by atoms with van der Waals surface area (Å²) in [5, 5.41) is 27.5. The van der Waals surface area contributed by atoms with Crippen molar-refractivity contribution < 1.29 is 19.8 Å². The second kappa shape index (κ2) is 11.6. The number of nitrogens with zero attached hydrogens (tertiary/aromatic N) is 1. The fourth-order valence-electron chi connectivity index (χ4n) is 14.0. The summed E-state index contributed by atoms with van der Waals surface area (Å²) in [5.41, 5.74) is -0.560. The fourth-order valence-corrected chi connectivity index (χ4v) is 14.8. The molecular weight excluding hydrogens is 665 g/mol. The lowest BCUT2D eigenvalue weighted by Gasteiger charge is -2.71. The Morgan fingerprint density at radius 2 is 1.63 bits per heavy atom. The number of para-hydroxylation sites is 1. The molecule has 6 saturated carbocycles. The van der Waals surface area contributed by atoms with Crippen LogP contribution in [0, 0.1) is 63.6 Å². The maximum absolute atomic E-state index is 14.8. The second-order valence-electron chi connectivity index (χ2n) is 19.4. The highest BCUT2D eigenvalue weighted by molar-refractivity contribution is 7.14. The van der Waals surface area contributed by atoms with Crippen LogP contribution in [0.4, 0.5) is 10.5 Å². The smallest absolute Gasteiger partial charge is 0.321 e. The molecule has 2 aromatic rings. The summed E-state index contributed by atoms with van der Waals surface area (Å²) < 4.78 is 0. The Balaban J connectivity index is 1.09. The molecule has 1 heterocycles. The molecule has 9 aliphatic rings. The second-order valence-corrected chi connectivity index (χ2v) is 20.7. The lowest BCUT2D eigenvalue weighted by Crippen LogP contribution is -2.67. The van der Waals surface area contributed by atoms with E-state index in [1.807, 2.05) is 47.4 Å². The van der Waals surface area contributed by atoms with Gasteiger partial charge < -0.3 is 20.4 Å². The van der Waals surface area contributed by atoms with Crippen molar-refractivity contribution in [2.75, 3.05) is 18.4 Å². The predicted octanol–water partition coefficient (Wildman–Crippen LogP) is 9.44. The van der Waals surface area contributed by atoms with E-state index in [1.165, 1.54) is 12.8 Å². The van der Waals surface area contributed by atoms with Crippen LogP contribution in [0.2, 0.25) is 0 Å². The van der Waals surface area contributed by atoms with Gasteiger partial charge in [-0.1, -0.05) is 64.1 Å². The highest BCUT2D eigenvalue weighted by atomic mass is 32.1. The average Bonchev–Trinajstić information content (AvgIpc) is 3.67. The number of carbonyl (C=O) groups is 2. The molecule has 0 aliphatic heterocycles.